The number of aliphatic carboxylic acids is 1. The highest BCUT2D eigenvalue weighted by Crippen LogP contribution is 2.31. The van der Waals surface area contributed by atoms with Gasteiger partial charge in [-0.25, -0.2) is 9.79 Å². The number of anilines is 2. The Hall–Kier alpha value is -3.06. The number of hydrogen-bond acceptors (Lipinski definition) is 5. The number of aliphatic imine (C=N–C) groups is 1. The van der Waals surface area contributed by atoms with Crippen LogP contribution < -0.4 is 16.8 Å². The Morgan fingerprint density at radius 3 is 2.58 bits per heavy atom. The van der Waals surface area contributed by atoms with Gasteiger partial charge in [0.25, 0.3) is 5.91 Å². The first-order valence-corrected chi connectivity index (χ1v) is 7.32. The van der Waals surface area contributed by atoms with Gasteiger partial charge in [-0.15, -0.1) is 0 Å². The van der Waals surface area contributed by atoms with Crippen LogP contribution in [0.3, 0.4) is 0 Å². The fourth-order valence-electron chi connectivity index (χ4n) is 2.54. The van der Waals surface area contributed by atoms with E-state index < -0.39 is 18.0 Å². The number of halogens is 1. The van der Waals surface area contributed by atoms with Crippen molar-refractivity contribution >= 4 is 40.6 Å². The molecule has 0 bridgehead atoms. The fraction of sp³-hybridized carbons (Fsp3) is 0.0625. The molecule has 1 atom stereocenters. The number of carbonyl (C=O) groups is 2. The topological polar surface area (TPSA) is 131 Å². The van der Waals surface area contributed by atoms with Crippen LogP contribution in [-0.4, -0.2) is 28.9 Å². The molecule has 0 aliphatic carbocycles. The zero-order valence-corrected chi connectivity index (χ0v) is 13.0. The molecule has 1 aliphatic heterocycles. The van der Waals surface area contributed by atoms with E-state index in [1.165, 1.54) is 12.1 Å². The molecule has 1 unspecified atom stereocenters. The first kappa shape index (κ1) is 15.8. The zero-order chi connectivity index (χ0) is 17.4. The minimum Gasteiger partial charge on any atom is -0.478 e. The van der Waals surface area contributed by atoms with Crippen LogP contribution in [0.1, 0.15) is 21.5 Å². The largest absolute Gasteiger partial charge is 0.478 e. The van der Waals surface area contributed by atoms with Gasteiger partial charge < -0.3 is 21.9 Å². The SMILES string of the molecule is NC(=O)c1cc(Cl)cc(C2=NC(C(=O)O)Nc3ccccc32)c1N. The van der Waals surface area contributed by atoms with Gasteiger partial charge in [-0.2, -0.15) is 0 Å². The number of nitrogen functional groups attached to an aromatic ring is 1. The predicted octanol–water partition coefficient (Wildman–Crippen LogP) is 1.69. The van der Waals surface area contributed by atoms with E-state index in [2.05, 4.69) is 10.3 Å². The van der Waals surface area contributed by atoms with Crippen molar-refractivity contribution in [1.82, 2.24) is 0 Å². The molecule has 2 aromatic carbocycles. The number of para-hydroxylation sites is 1. The summed E-state index contributed by atoms with van der Waals surface area (Å²) in [6.07, 6.45) is -1.18. The predicted molar refractivity (Wildman–Crippen MR) is 91.5 cm³/mol. The number of fused-ring (bicyclic) bond motifs is 1. The number of benzene rings is 2. The lowest BCUT2D eigenvalue weighted by atomic mass is 9.95. The summed E-state index contributed by atoms with van der Waals surface area (Å²) in [4.78, 5) is 27.1. The molecule has 0 saturated heterocycles. The third-order valence-corrected chi connectivity index (χ3v) is 3.85. The van der Waals surface area contributed by atoms with Crippen molar-refractivity contribution in [1.29, 1.82) is 0 Å². The molecular weight excluding hydrogens is 332 g/mol. The molecule has 3 rings (SSSR count). The molecule has 8 heteroatoms. The van der Waals surface area contributed by atoms with Gasteiger partial charge in [-0.05, 0) is 18.2 Å². The van der Waals surface area contributed by atoms with Gasteiger partial charge in [-0.3, -0.25) is 4.79 Å². The molecule has 6 N–H and O–H groups in total. The van der Waals surface area contributed by atoms with Crippen LogP contribution in [0.5, 0.6) is 0 Å². The molecule has 0 fully saturated rings. The number of carboxylic acid groups (broad SMARTS) is 1. The summed E-state index contributed by atoms with van der Waals surface area (Å²) in [5.41, 5.74) is 13.5. The summed E-state index contributed by atoms with van der Waals surface area (Å²) >= 11 is 6.06. The van der Waals surface area contributed by atoms with Gasteiger partial charge in [0.05, 0.1) is 17.0 Å². The summed E-state index contributed by atoms with van der Waals surface area (Å²) < 4.78 is 0. The van der Waals surface area contributed by atoms with Gasteiger partial charge >= 0.3 is 5.97 Å². The average Bonchev–Trinajstić information content (AvgIpc) is 2.55. The second-order valence-corrected chi connectivity index (χ2v) is 5.62. The second-order valence-electron chi connectivity index (χ2n) is 5.19. The van der Waals surface area contributed by atoms with E-state index in [0.717, 1.165) is 0 Å². The van der Waals surface area contributed by atoms with Gasteiger partial charge in [-0.1, -0.05) is 29.8 Å². The highest BCUT2D eigenvalue weighted by Gasteiger charge is 2.27. The van der Waals surface area contributed by atoms with Crippen LogP contribution in [0.4, 0.5) is 11.4 Å². The molecule has 0 radical (unpaired) electrons. The zero-order valence-electron chi connectivity index (χ0n) is 12.3. The van der Waals surface area contributed by atoms with Crippen molar-refractivity contribution in [2.45, 2.75) is 6.17 Å². The van der Waals surface area contributed by atoms with Crippen LogP contribution in [0.15, 0.2) is 41.4 Å². The molecule has 0 aromatic heterocycles. The molecular formula is C16H13ClN4O3. The Bertz CT molecular complexity index is 895. The molecule has 1 heterocycles. The maximum absolute atomic E-state index is 11.6. The number of nitrogens with one attached hydrogen (secondary N) is 1. The third kappa shape index (κ3) is 2.65. The lowest BCUT2D eigenvalue weighted by Crippen LogP contribution is -2.33. The molecule has 1 aliphatic rings. The van der Waals surface area contributed by atoms with Crippen LogP contribution in [0, 0.1) is 0 Å². The minimum absolute atomic E-state index is 0.0584. The van der Waals surface area contributed by atoms with Gasteiger partial charge in [0.15, 0.2) is 0 Å². The van der Waals surface area contributed by atoms with Crippen molar-refractivity contribution in [2.24, 2.45) is 10.7 Å². The molecule has 1 amide bonds. The van der Waals surface area contributed by atoms with Crippen molar-refractivity contribution in [3.05, 3.63) is 58.1 Å². The normalized spacial score (nSPS) is 15.9. The van der Waals surface area contributed by atoms with Gasteiger partial charge in [0, 0.05) is 21.8 Å². The van der Waals surface area contributed by atoms with Crippen LogP contribution in [0.25, 0.3) is 0 Å². The van der Waals surface area contributed by atoms with Gasteiger partial charge in [0.1, 0.15) is 0 Å². The number of amides is 1. The Labute approximate surface area is 141 Å². The van der Waals surface area contributed by atoms with Crippen LogP contribution in [0.2, 0.25) is 5.02 Å². The highest BCUT2D eigenvalue weighted by atomic mass is 35.5. The Kier molecular flexibility index (Phi) is 3.86. The first-order chi connectivity index (χ1) is 11.4. The third-order valence-electron chi connectivity index (χ3n) is 3.63. The van der Waals surface area contributed by atoms with Crippen LogP contribution >= 0.6 is 11.6 Å². The minimum atomic E-state index is -1.18. The van der Waals surface area contributed by atoms with Crippen molar-refractivity contribution in [3.8, 4) is 0 Å². The van der Waals surface area contributed by atoms with Crippen LogP contribution in [-0.2, 0) is 4.79 Å². The monoisotopic (exact) mass is 344 g/mol. The summed E-state index contributed by atoms with van der Waals surface area (Å²) in [5, 5.41) is 12.4. The smallest absolute Gasteiger partial charge is 0.349 e. The Morgan fingerprint density at radius 1 is 1.21 bits per heavy atom. The van der Waals surface area contributed by atoms with Gasteiger partial charge in [0.2, 0.25) is 6.17 Å². The number of hydrogen-bond donors (Lipinski definition) is 4. The summed E-state index contributed by atoms with van der Waals surface area (Å²) in [6, 6.07) is 9.95. The van der Waals surface area contributed by atoms with Crippen molar-refractivity contribution in [3.63, 3.8) is 0 Å². The number of nitrogens with two attached hydrogens (primary N) is 2. The fourth-order valence-corrected chi connectivity index (χ4v) is 2.76. The lowest BCUT2D eigenvalue weighted by Gasteiger charge is -2.24. The Balaban J connectivity index is 2.27. The van der Waals surface area contributed by atoms with E-state index in [9.17, 15) is 14.7 Å². The number of rotatable bonds is 3. The van der Waals surface area contributed by atoms with E-state index in [1.54, 1.807) is 24.3 Å². The first-order valence-electron chi connectivity index (χ1n) is 6.94. The number of primary amides is 1. The summed E-state index contributed by atoms with van der Waals surface area (Å²) in [6.45, 7) is 0. The van der Waals surface area contributed by atoms with E-state index in [1.807, 2.05) is 0 Å². The average molecular weight is 345 g/mol. The molecule has 0 saturated carbocycles. The second kappa shape index (κ2) is 5.86. The quantitative estimate of drug-likeness (QED) is 0.629. The maximum Gasteiger partial charge on any atom is 0.349 e. The van der Waals surface area contributed by atoms with E-state index in [4.69, 9.17) is 23.1 Å². The molecule has 24 heavy (non-hydrogen) atoms. The number of nitrogens with zero attached hydrogens (tertiary/aromatic N) is 1. The van der Waals surface area contributed by atoms with Crippen molar-refractivity contribution in [2.75, 3.05) is 11.1 Å². The standard InChI is InChI=1S/C16H13ClN4O3/c17-7-5-9(12(18)10(6-7)14(19)22)13-8-3-1-2-4-11(8)20-15(21-13)16(23)24/h1-6,15,20H,18H2,(H2,19,22)(H,23,24). The van der Waals surface area contributed by atoms with E-state index in [0.29, 0.717) is 22.5 Å². The highest BCUT2D eigenvalue weighted by molar-refractivity contribution is 6.32. The lowest BCUT2D eigenvalue weighted by molar-refractivity contribution is -0.137. The molecule has 2 aromatic rings. The summed E-state index contributed by atoms with van der Waals surface area (Å²) in [7, 11) is 0. The van der Waals surface area contributed by atoms with E-state index in [-0.39, 0.29) is 16.3 Å². The molecule has 0 spiro atoms. The molecule has 7 nitrogen and oxygen atoms in total. The summed E-state index contributed by atoms with van der Waals surface area (Å²) in [5.74, 6) is -1.87. The Morgan fingerprint density at radius 2 is 1.92 bits per heavy atom. The van der Waals surface area contributed by atoms with Crippen molar-refractivity contribution < 1.29 is 14.7 Å². The number of carboxylic acids is 1. The number of carbonyl (C=O) groups excluding carboxylic acids is 1. The molecule has 122 valence electrons. The maximum atomic E-state index is 11.6. The van der Waals surface area contributed by atoms with E-state index >= 15 is 0 Å².